The molecule has 1 aromatic rings. The van der Waals surface area contributed by atoms with Crippen LogP contribution in [0.4, 0.5) is 0 Å². The van der Waals surface area contributed by atoms with E-state index in [0.717, 1.165) is 11.1 Å². The van der Waals surface area contributed by atoms with Crippen LogP contribution in [0.1, 0.15) is 28.4 Å². The van der Waals surface area contributed by atoms with E-state index in [1.54, 1.807) is 13.0 Å². The van der Waals surface area contributed by atoms with Crippen LogP contribution in [-0.2, 0) is 10.1 Å². The molecule has 0 aliphatic heterocycles. The van der Waals surface area contributed by atoms with Gasteiger partial charge in [-0.05, 0) is 38.0 Å². The summed E-state index contributed by atoms with van der Waals surface area (Å²) in [5.41, 5.74) is 1.99. The number of rotatable bonds is 5. The average Bonchev–Trinajstić information content (AvgIpc) is 2.25. The van der Waals surface area contributed by atoms with Crippen LogP contribution in [-0.4, -0.2) is 31.1 Å². The van der Waals surface area contributed by atoms with E-state index in [-0.39, 0.29) is 36.2 Å². The van der Waals surface area contributed by atoms with Gasteiger partial charge in [0.25, 0.3) is 0 Å². The Labute approximate surface area is 135 Å². The topological polar surface area (TPSA) is 83.5 Å². The first-order valence-corrected chi connectivity index (χ1v) is 6.86. The fraction of sp³-hybridized carbons (Fsp3) is 0.417. The number of ether oxygens (including phenoxy) is 1. The van der Waals surface area contributed by atoms with Gasteiger partial charge in [0, 0.05) is 0 Å². The second-order valence-electron chi connectivity index (χ2n) is 4.23. The van der Waals surface area contributed by atoms with E-state index < -0.39 is 15.4 Å². The van der Waals surface area contributed by atoms with E-state index in [1.165, 1.54) is 6.92 Å². The Balaban J connectivity index is 0.00000324. The van der Waals surface area contributed by atoms with E-state index in [4.69, 9.17) is 4.74 Å². The molecule has 1 atom stereocenters. The Morgan fingerprint density at radius 2 is 1.95 bits per heavy atom. The molecule has 0 saturated heterocycles. The molecule has 0 spiro atoms. The predicted molar refractivity (Wildman–Crippen MR) is 66.0 cm³/mol. The van der Waals surface area contributed by atoms with Crippen LogP contribution in [0, 0.1) is 13.8 Å². The average molecular weight is 294 g/mol. The molecule has 0 aromatic heterocycles. The third-order valence-electron chi connectivity index (χ3n) is 2.53. The van der Waals surface area contributed by atoms with Crippen LogP contribution in [0.2, 0.25) is 0 Å². The number of carbonyl (C=O) groups excluding carboxylic acids is 1. The maximum atomic E-state index is 10.9. The van der Waals surface area contributed by atoms with Crippen LogP contribution in [0.15, 0.2) is 12.1 Å². The second kappa shape index (κ2) is 7.40. The Kier molecular flexibility index (Phi) is 7.24. The third kappa shape index (κ3) is 5.24. The molecular formula is C12H15NaO5S. The molecule has 5 nitrogen and oxygen atoms in total. The zero-order chi connectivity index (χ0) is 13.9. The van der Waals surface area contributed by atoms with Gasteiger partial charge in [-0.15, -0.1) is 0 Å². The maximum absolute atomic E-state index is 10.9. The quantitative estimate of drug-likeness (QED) is 0.372. The van der Waals surface area contributed by atoms with E-state index in [0.29, 0.717) is 17.6 Å². The van der Waals surface area contributed by atoms with Gasteiger partial charge in [-0.3, -0.25) is 4.79 Å². The minimum atomic E-state index is -4.38. The molecule has 19 heavy (non-hydrogen) atoms. The number of hydrogen-bond acceptors (Lipinski definition) is 5. The molecule has 0 radical (unpaired) electrons. The molecule has 0 fully saturated rings. The summed E-state index contributed by atoms with van der Waals surface area (Å²) in [5, 5.41) is -1.15. The molecule has 0 N–H and O–H groups in total. The Bertz CT molecular complexity index is 553. The molecule has 0 bridgehead atoms. The summed E-state index contributed by atoms with van der Waals surface area (Å²) in [6.07, 6.45) is 0.645. The number of hydrogen-bond donors (Lipinski definition) is 0. The standard InChI is InChI=1S/C12H16O5S.Na/c1-8-4-9(2)12(11(5-8)6-13)17-7-10(3)18(14,15)16;/h4-6,10H,7H2,1-3H3,(H,14,15,16);/q;+1/p-1. The van der Waals surface area contributed by atoms with Crippen molar-refractivity contribution in [1.29, 1.82) is 0 Å². The van der Waals surface area contributed by atoms with Gasteiger partial charge in [0.2, 0.25) is 0 Å². The summed E-state index contributed by atoms with van der Waals surface area (Å²) in [6, 6.07) is 3.46. The van der Waals surface area contributed by atoms with Crippen molar-refractivity contribution in [3.63, 3.8) is 0 Å². The molecule has 1 aromatic carbocycles. The first kappa shape index (κ1) is 18.6. The molecule has 0 saturated carbocycles. The normalized spacial score (nSPS) is 12.4. The number of benzene rings is 1. The first-order valence-electron chi connectivity index (χ1n) is 5.39. The summed E-state index contributed by atoms with van der Waals surface area (Å²) in [6.45, 7) is 4.60. The molecule has 100 valence electrons. The first-order chi connectivity index (χ1) is 8.25. The van der Waals surface area contributed by atoms with Gasteiger partial charge in [-0.1, -0.05) is 6.07 Å². The van der Waals surface area contributed by atoms with Crippen molar-refractivity contribution in [3.8, 4) is 5.75 Å². The zero-order valence-corrected chi connectivity index (χ0v) is 14.3. The van der Waals surface area contributed by atoms with Crippen LogP contribution in [0.3, 0.4) is 0 Å². The van der Waals surface area contributed by atoms with Gasteiger partial charge in [0.05, 0.1) is 10.8 Å². The Hall–Kier alpha value is -0.400. The van der Waals surface area contributed by atoms with E-state index in [2.05, 4.69) is 0 Å². The van der Waals surface area contributed by atoms with E-state index in [9.17, 15) is 17.8 Å². The van der Waals surface area contributed by atoms with E-state index in [1.807, 2.05) is 13.0 Å². The maximum Gasteiger partial charge on any atom is 1.00 e. The van der Waals surface area contributed by atoms with Gasteiger partial charge in [-0.2, -0.15) is 0 Å². The van der Waals surface area contributed by atoms with Gasteiger partial charge in [0.1, 0.15) is 22.5 Å². The van der Waals surface area contributed by atoms with Crippen LogP contribution < -0.4 is 34.3 Å². The largest absolute Gasteiger partial charge is 1.00 e. The van der Waals surface area contributed by atoms with Crippen molar-refractivity contribution < 1.29 is 52.1 Å². The van der Waals surface area contributed by atoms with Gasteiger partial charge in [-0.25, -0.2) is 8.42 Å². The third-order valence-corrected chi connectivity index (χ3v) is 3.65. The van der Waals surface area contributed by atoms with Gasteiger partial charge >= 0.3 is 29.6 Å². The summed E-state index contributed by atoms with van der Waals surface area (Å²) < 4.78 is 37.5. The smallest absolute Gasteiger partial charge is 0.748 e. The number of aldehydes is 1. The molecule has 0 amide bonds. The molecule has 1 rings (SSSR count). The summed E-state index contributed by atoms with van der Waals surface area (Å²) in [7, 11) is -4.38. The van der Waals surface area contributed by atoms with E-state index >= 15 is 0 Å². The molecule has 0 aliphatic carbocycles. The van der Waals surface area contributed by atoms with Crippen molar-refractivity contribution in [3.05, 3.63) is 28.8 Å². The summed E-state index contributed by atoms with van der Waals surface area (Å²) in [4.78, 5) is 10.9. The van der Waals surface area contributed by atoms with Crippen molar-refractivity contribution in [2.45, 2.75) is 26.0 Å². The second-order valence-corrected chi connectivity index (χ2v) is 6.02. The van der Waals surface area contributed by atoms with Crippen molar-refractivity contribution in [1.82, 2.24) is 0 Å². The molecule has 7 heteroatoms. The number of carbonyl (C=O) groups is 1. The van der Waals surface area contributed by atoms with Crippen molar-refractivity contribution >= 4 is 16.4 Å². The Morgan fingerprint density at radius 3 is 2.42 bits per heavy atom. The monoisotopic (exact) mass is 294 g/mol. The molecule has 0 heterocycles. The van der Waals surface area contributed by atoms with Gasteiger partial charge in [0.15, 0.2) is 6.29 Å². The predicted octanol–water partition coefficient (Wildman–Crippen LogP) is -1.57. The van der Waals surface area contributed by atoms with Crippen molar-refractivity contribution in [2.75, 3.05) is 6.61 Å². The number of aryl methyl sites for hydroxylation is 2. The Morgan fingerprint density at radius 1 is 1.37 bits per heavy atom. The zero-order valence-electron chi connectivity index (χ0n) is 11.5. The summed E-state index contributed by atoms with van der Waals surface area (Å²) in [5.74, 6) is 0.325. The SMILES string of the molecule is Cc1cc(C)c(OCC(C)S(=O)(=O)[O-])c(C=O)c1.[Na+]. The molecule has 1 unspecified atom stereocenters. The van der Waals surface area contributed by atoms with Crippen LogP contribution in [0.5, 0.6) is 5.75 Å². The van der Waals surface area contributed by atoms with Crippen LogP contribution in [0.25, 0.3) is 0 Å². The van der Waals surface area contributed by atoms with Crippen molar-refractivity contribution in [2.24, 2.45) is 0 Å². The minimum Gasteiger partial charge on any atom is -0.748 e. The fourth-order valence-electron chi connectivity index (χ4n) is 1.56. The van der Waals surface area contributed by atoms with Crippen LogP contribution >= 0.6 is 0 Å². The molecule has 0 aliphatic rings. The molecular weight excluding hydrogens is 279 g/mol. The van der Waals surface area contributed by atoms with Gasteiger partial charge < -0.3 is 9.29 Å². The fourth-order valence-corrected chi connectivity index (χ4v) is 1.79. The summed E-state index contributed by atoms with van der Waals surface area (Å²) >= 11 is 0. The minimum absolute atomic E-state index is 0.